The summed E-state index contributed by atoms with van der Waals surface area (Å²) < 4.78 is 0. The molecular weight excluding hydrogens is 180 g/mol. The molecule has 3 N–H and O–H groups in total. The summed E-state index contributed by atoms with van der Waals surface area (Å²) in [6, 6.07) is 0.194. The van der Waals surface area contributed by atoms with Crippen LogP contribution in [-0.2, 0) is 11.2 Å². The maximum Gasteiger partial charge on any atom is 0.237 e. The Balaban J connectivity index is 1.99. The van der Waals surface area contributed by atoms with Gasteiger partial charge in [0.05, 0.1) is 12.4 Å². The average molecular weight is 194 g/mol. The number of nitrogens with one attached hydrogen (secondary N) is 3. The van der Waals surface area contributed by atoms with Gasteiger partial charge < -0.3 is 15.6 Å². The van der Waals surface area contributed by atoms with Gasteiger partial charge in [-0.15, -0.1) is 0 Å². The van der Waals surface area contributed by atoms with Crippen molar-refractivity contribution in [2.75, 3.05) is 6.54 Å². The number of carbonyl (C=O) groups excluding carboxylic acids is 1. The number of hydrogen-bond donors (Lipinski definition) is 3. The molecule has 2 heterocycles. The minimum absolute atomic E-state index is 0.0673. The van der Waals surface area contributed by atoms with Crippen LogP contribution >= 0.6 is 0 Å². The molecule has 5 nitrogen and oxygen atoms in total. The van der Waals surface area contributed by atoms with E-state index in [1.54, 1.807) is 12.5 Å². The molecule has 0 spiro atoms. The van der Waals surface area contributed by atoms with Crippen LogP contribution in [0.1, 0.15) is 12.6 Å². The summed E-state index contributed by atoms with van der Waals surface area (Å²) in [5.74, 6) is 0.0673. The second-order valence-electron chi connectivity index (χ2n) is 3.65. The smallest absolute Gasteiger partial charge is 0.237 e. The molecule has 0 radical (unpaired) electrons. The first kappa shape index (κ1) is 9.21. The van der Waals surface area contributed by atoms with Crippen molar-refractivity contribution in [1.29, 1.82) is 0 Å². The highest BCUT2D eigenvalue weighted by molar-refractivity contribution is 5.82. The van der Waals surface area contributed by atoms with E-state index in [2.05, 4.69) is 27.5 Å². The third-order valence-electron chi connectivity index (χ3n) is 2.36. The molecule has 0 aromatic carbocycles. The number of rotatable bonds is 2. The minimum Gasteiger partial charge on any atom is -0.353 e. The molecule has 1 saturated heterocycles. The van der Waals surface area contributed by atoms with Crippen LogP contribution < -0.4 is 10.6 Å². The van der Waals surface area contributed by atoms with Crippen LogP contribution in [0.2, 0.25) is 0 Å². The van der Waals surface area contributed by atoms with Gasteiger partial charge in [-0.25, -0.2) is 4.98 Å². The van der Waals surface area contributed by atoms with Crippen molar-refractivity contribution in [2.24, 2.45) is 0 Å². The number of H-pyrrole nitrogens is 1. The fraction of sp³-hybridized carbons (Fsp3) is 0.556. The van der Waals surface area contributed by atoms with Gasteiger partial charge in [0.15, 0.2) is 0 Å². The predicted molar refractivity (Wildman–Crippen MR) is 51.7 cm³/mol. The highest BCUT2D eigenvalue weighted by Gasteiger charge is 2.25. The van der Waals surface area contributed by atoms with E-state index in [1.807, 2.05) is 0 Å². The Bertz CT molecular complexity index is 309. The van der Waals surface area contributed by atoms with Gasteiger partial charge in [0, 0.05) is 30.9 Å². The van der Waals surface area contributed by atoms with E-state index in [9.17, 15) is 4.79 Å². The number of aromatic amines is 1. The second-order valence-corrected chi connectivity index (χ2v) is 3.65. The topological polar surface area (TPSA) is 69.8 Å². The van der Waals surface area contributed by atoms with Gasteiger partial charge >= 0.3 is 0 Å². The molecular formula is C9H14N4O. The zero-order valence-corrected chi connectivity index (χ0v) is 8.08. The van der Waals surface area contributed by atoms with Crippen LogP contribution in [0, 0.1) is 0 Å². The first-order chi connectivity index (χ1) is 6.75. The molecule has 1 amide bonds. The molecule has 0 saturated carbocycles. The van der Waals surface area contributed by atoms with Crippen molar-refractivity contribution in [3.05, 3.63) is 18.2 Å². The summed E-state index contributed by atoms with van der Waals surface area (Å²) in [4.78, 5) is 18.4. The van der Waals surface area contributed by atoms with Crippen LogP contribution in [0.25, 0.3) is 0 Å². The molecule has 5 heteroatoms. The molecule has 2 rings (SSSR count). The fourth-order valence-electron chi connectivity index (χ4n) is 1.62. The summed E-state index contributed by atoms with van der Waals surface area (Å²) in [6.07, 6.45) is 4.03. The van der Waals surface area contributed by atoms with Gasteiger partial charge in [0.25, 0.3) is 0 Å². The maximum atomic E-state index is 11.5. The summed E-state index contributed by atoms with van der Waals surface area (Å²) in [5.41, 5.74) is 0.978. The lowest BCUT2D eigenvalue weighted by molar-refractivity contribution is -0.124. The molecule has 0 aliphatic carbocycles. The van der Waals surface area contributed by atoms with Gasteiger partial charge in [-0.1, -0.05) is 0 Å². The van der Waals surface area contributed by atoms with Crippen LogP contribution in [0.5, 0.6) is 0 Å². The average Bonchev–Trinajstić information content (AvgIpc) is 2.64. The Labute approximate surface area is 82.3 Å². The Hall–Kier alpha value is -1.36. The number of piperazine rings is 1. The van der Waals surface area contributed by atoms with E-state index in [-0.39, 0.29) is 11.9 Å². The molecule has 1 aromatic rings. The maximum absolute atomic E-state index is 11.5. The van der Waals surface area contributed by atoms with Crippen LogP contribution in [0.3, 0.4) is 0 Å². The van der Waals surface area contributed by atoms with E-state index < -0.39 is 0 Å². The van der Waals surface area contributed by atoms with Crippen molar-refractivity contribution < 1.29 is 4.79 Å². The molecule has 0 bridgehead atoms. The number of amides is 1. The summed E-state index contributed by atoms with van der Waals surface area (Å²) in [6.45, 7) is 2.76. The largest absolute Gasteiger partial charge is 0.353 e. The third-order valence-corrected chi connectivity index (χ3v) is 2.36. The molecule has 1 fully saturated rings. The molecule has 1 aliphatic rings. The molecule has 14 heavy (non-hydrogen) atoms. The zero-order chi connectivity index (χ0) is 9.97. The van der Waals surface area contributed by atoms with E-state index in [4.69, 9.17) is 0 Å². The van der Waals surface area contributed by atoms with Crippen molar-refractivity contribution in [2.45, 2.75) is 25.4 Å². The predicted octanol–water partition coefficient (Wildman–Crippen LogP) is -0.571. The van der Waals surface area contributed by atoms with E-state index >= 15 is 0 Å². The second kappa shape index (κ2) is 3.79. The lowest BCUT2D eigenvalue weighted by atomic mass is 10.1. The molecule has 1 unspecified atom stereocenters. The van der Waals surface area contributed by atoms with Crippen LogP contribution in [0.15, 0.2) is 12.5 Å². The fourth-order valence-corrected chi connectivity index (χ4v) is 1.62. The zero-order valence-electron chi connectivity index (χ0n) is 8.08. The van der Waals surface area contributed by atoms with Gasteiger partial charge in [-0.05, 0) is 6.92 Å². The Morgan fingerprint density at radius 2 is 2.50 bits per heavy atom. The van der Waals surface area contributed by atoms with E-state index in [1.165, 1.54) is 0 Å². The molecule has 1 aromatic heterocycles. The van der Waals surface area contributed by atoms with Crippen LogP contribution in [0.4, 0.5) is 0 Å². The van der Waals surface area contributed by atoms with E-state index in [0.717, 1.165) is 5.69 Å². The Morgan fingerprint density at radius 3 is 3.21 bits per heavy atom. The third kappa shape index (κ3) is 1.93. The van der Waals surface area contributed by atoms with Crippen LogP contribution in [-0.4, -0.2) is 34.5 Å². The Morgan fingerprint density at radius 1 is 1.64 bits per heavy atom. The number of aromatic nitrogens is 2. The highest BCUT2D eigenvalue weighted by atomic mass is 16.2. The number of hydrogen-bond acceptors (Lipinski definition) is 3. The SMILES string of the molecule is CC1CNC(=O)[C@H](Cc2cnc[nH]2)N1. The first-order valence-corrected chi connectivity index (χ1v) is 4.76. The molecule has 1 aliphatic heterocycles. The monoisotopic (exact) mass is 194 g/mol. The summed E-state index contributed by atoms with van der Waals surface area (Å²) in [7, 11) is 0. The quantitative estimate of drug-likeness (QED) is 0.590. The summed E-state index contributed by atoms with van der Waals surface area (Å²) in [5, 5.41) is 6.10. The minimum atomic E-state index is -0.140. The van der Waals surface area contributed by atoms with Crippen molar-refractivity contribution >= 4 is 5.91 Å². The first-order valence-electron chi connectivity index (χ1n) is 4.76. The number of carbonyl (C=O) groups is 1. The van der Waals surface area contributed by atoms with Crippen molar-refractivity contribution in [3.8, 4) is 0 Å². The van der Waals surface area contributed by atoms with Crippen molar-refractivity contribution in [1.82, 2.24) is 20.6 Å². The Kier molecular flexibility index (Phi) is 2.49. The van der Waals surface area contributed by atoms with Gasteiger partial charge in [-0.3, -0.25) is 4.79 Å². The van der Waals surface area contributed by atoms with Gasteiger partial charge in [0.2, 0.25) is 5.91 Å². The van der Waals surface area contributed by atoms with Crippen molar-refractivity contribution in [3.63, 3.8) is 0 Å². The van der Waals surface area contributed by atoms with Gasteiger partial charge in [-0.2, -0.15) is 0 Å². The molecule has 2 atom stereocenters. The number of nitrogens with zero attached hydrogens (tertiary/aromatic N) is 1. The van der Waals surface area contributed by atoms with E-state index in [0.29, 0.717) is 19.0 Å². The standard InChI is InChI=1S/C9H14N4O/c1-6-3-11-9(14)8(13-6)2-7-4-10-5-12-7/h4-6,8,13H,2-3H2,1H3,(H,10,12)(H,11,14)/t6?,8-/m0/s1. The lowest BCUT2D eigenvalue weighted by Gasteiger charge is -2.28. The van der Waals surface area contributed by atoms with Gasteiger partial charge in [0.1, 0.15) is 0 Å². The summed E-state index contributed by atoms with van der Waals surface area (Å²) >= 11 is 0. The molecule has 76 valence electrons. The highest BCUT2D eigenvalue weighted by Crippen LogP contribution is 2.02. The normalized spacial score (nSPS) is 27.4. The lowest BCUT2D eigenvalue weighted by Crippen LogP contribution is -2.58. The number of imidazole rings is 1.